The summed E-state index contributed by atoms with van der Waals surface area (Å²) in [5.74, 6) is 0. The lowest BCUT2D eigenvalue weighted by Gasteiger charge is -2.25. The monoisotopic (exact) mass is 743 g/mol. The number of rotatable bonds is 5. The Morgan fingerprint density at radius 1 is 0.474 bits per heavy atom. The predicted octanol–water partition coefficient (Wildman–Crippen LogP) is 15.4. The Balaban J connectivity index is 0.978. The Hall–Kier alpha value is -6.06. The summed E-state index contributed by atoms with van der Waals surface area (Å²) < 4.78 is 15.7. The fourth-order valence-electron chi connectivity index (χ4n) is 9.36. The molecule has 0 bridgehead atoms. The molecule has 57 heavy (non-hydrogen) atoms. The summed E-state index contributed by atoms with van der Waals surface area (Å²) in [6.45, 7) is 18.4. The average molecular weight is 744 g/mol. The van der Waals surface area contributed by atoms with Crippen LogP contribution in [0.15, 0.2) is 148 Å². The summed E-state index contributed by atoms with van der Waals surface area (Å²) in [6, 6.07) is 51.0. The van der Waals surface area contributed by atoms with Crippen LogP contribution in [0, 0.1) is 0 Å². The van der Waals surface area contributed by atoms with Crippen molar-refractivity contribution in [3.63, 3.8) is 0 Å². The molecule has 3 nitrogen and oxygen atoms in total. The molecular formula is C54H49NO2. The first-order valence-electron chi connectivity index (χ1n) is 20.3. The van der Waals surface area contributed by atoms with Gasteiger partial charge in [0.15, 0.2) is 0 Å². The Morgan fingerprint density at radius 3 is 1.89 bits per heavy atom. The lowest BCUT2D eigenvalue weighted by Crippen LogP contribution is -2.20. The maximum absolute atomic E-state index is 6.78. The quantitative estimate of drug-likeness (QED) is 0.176. The molecule has 0 aliphatic carbocycles. The molecular weight excluding hydrogens is 695 g/mol. The highest BCUT2D eigenvalue weighted by Crippen LogP contribution is 2.43. The largest absolute Gasteiger partial charge is 0.456 e. The number of nitrogens with zero attached hydrogens (tertiary/aromatic N) is 1. The molecule has 0 radical (unpaired) electrons. The molecule has 0 atom stereocenters. The van der Waals surface area contributed by atoms with Gasteiger partial charge >= 0.3 is 0 Å². The van der Waals surface area contributed by atoms with Crippen LogP contribution in [0.5, 0.6) is 0 Å². The number of furan rings is 2. The molecule has 0 aliphatic heterocycles. The van der Waals surface area contributed by atoms with Gasteiger partial charge in [-0.2, -0.15) is 0 Å². The van der Waals surface area contributed by atoms with Crippen molar-refractivity contribution in [3.05, 3.63) is 162 Å². The molecule has 10 rings (SSSR count). The van der Waals surface area contributed by atoms with Crippen molar-refractivity contribution in [1.29, 1.82) is 0 Å². The van der Waals surface area contributed by atoms with Crippen LogP contribution in [0.2, 0.25) is 0 Å². The van der Waals surface area contributed by atoms with Crippen LogP contribution in [0.4, 0.5) is 0 Å². The smallest absolute Gasteiger partial charge is 0.143 e. The van der Waals surface area contributed by atoms with E-state index in [1.165, 1.54) is 55.1 Å². The van der Waals surface area contributed by atoms with Crippen molar-refractivity contribution in [1.82, 2.24) is 4.57 Å². The Morgan fingerprint density at radius 2 is 1.12 bits per heavy atom. The van der Waals surface area contributed by atoms with Gasteiger partial charge in [0, 0.05) is 43.6 Å². The lowest BCUT2D eigenvalue weighted by molar-refractivity contribution is 0.521. The zero-order valence-electron chi connectivity index (χ0n) is 34.2. The minimum Gasteiger partial charge on any atom is -0.456 e. The number of hydrogen-bond donors (Lipinski definition) is 0. The van der Waals surface area contributed by atoms with Crippen molar-refractivity contribution in [2.45, 2.75) is 78.1 Å². The number of aromatic nitrogens is 1. The number of benzene rings is 7. The van der Waals surface area contributed by atoms with Crippen LogP contribution in [0.1, 0.15) is 77.6 Å². The molecule has 0 N–H and O–H groups in total. The first kappa shape index (κ1) is 35.4. The molecule has 0 amide bonds. The van der Waals surface area contributed by atoms with Crippen molar-refractivity contribution < 1.29 is 8.83 Å². The first-order chi connectivity index (χ1) is 27.3. The highest BCUT2D eigenvalue weighted by molar-refractivity contribution is 6.13. The van der Waals surface area contributed by atoms with Crippen LogP contribution in [-0.2, 0) is 22.7 Å². The summed E-state index contributed by atoms with van der Waals surface area (Å²) in [5, 5.41) is 7.27. The minimum absolute atomic E-state index is 0.0122. The van der Waals surface area contributed by atoms with Crippen LogP contribution in [0.3, 0.4) is 0 Å². The van der Waals surface area contributed by atoms with Crippen LogP contribution < -0.4 is 0 Å². The second kappa shape index (κ2) is 12.5. The van der Waals surface area contributed by atoms with Gasteiger partial charge < -0.3 is 13.4 Å². The van der Waals surface area contributed by atoms with E-state index in [4.69, 9.17) is 8.83 Å². The van der Waals surface area contributed by atoms with Gasteiger partial charge in [-0.1, -0.05) is 146 Å². The summed E-state index contributed by atoms with van der Waals surface area (Å²) >= 11 is 0. The van der Waals surface area contributed by atoms with Crippen LogP contribution in [0.25, 0.3) is 82.5 Å². The van der Waals surface area contributed by atoms with Crippen LogP contribution >= 0.6 is 0 Å². The third kappa shape index (κ3) is 5.70. The molecule has 3 heteroatoms. The molecule has 3 aromatic heterocycles. The summed E-state index contributed by atoms with van der Waals surface area (Å²) in [5.41, 5.74) is 14.7. The van der Waals surface area contributed by atoms with Crippen molar-refractivity contribution in [2.24, 2.45) is 0 Å². The van der Waals surface area contributed by atoms with E-state index in [-0.39, 0.29) is 16.2 Å². The molecule has 0 spiro atoms. The molecule has 0 unspecified atom stereocenters. The Bertz CT molecular complexity index is 3190. The van der Waals surface area contributed by atoms with Crippen molar-refractivity contribution in [3.8, 4) is 16.8 Å². The molecule has 282 valence electrons. The molecule has 3 heterocycles. The third-order valence-corrected chi connectivity index (χ3v) is 12.2. The summed E-state index contributed by atoms with van der Waals surface area (Å²) in [7, 11) is 0. The third-order valence-electron chi connectivity index (χ3n) is 12.2. The second-order valence-corrected chi connectivity index (χ2v) is 18.8. The van der Waals surface area contributed by atoms with E-state index in [1.807, 2.05) is 0 Å². The normalized spacial score (nSPS) is 13.0. The molecule has 0 saturated carbocycles. The average Bonchev–Trinajstić information content (AvgIpc) is 3.86. The molecule has 7 aromatic carbocycles. The van der Waals surface area contributed by atoms with Gasteiger partial charge in [-0.05, 0) is 99.0 Å². The maximum atomic E-state index is 6.78. The predicted molar refractivity (Wildman–Crippen MR) is 241 cm³/mol. The fourth-order valence-corrected chi connectivity index (χ4v) is 9.36. The number of para-hydroxylation sites is 2. The number of fused-ring (bicyclic) bond motifs is 9. The summed E-state index contributed by atoms with van der Waals surface area (Å²) in [4.78, 5) is 0. The van der Waals surface area contributed by atoms with Gasteiger partial charge in [-0.15, -0.1) is 0 Å². The molecule has 0 saturated heterocycles. The summed E-state index contributed by atoms with van der Waals surface area (Å²) in [6.07, 6.45) is 0.903. The van der Waals surface area contributed by atoms with Gasteiger partial charge in [-0.3, -0.25) is 0 Å². The Kier molecular flexibility index (Phi) is 7.74. The van der Waals surface area contributed by atoms with E-state index >= 15 is 0 Å². The van der Waals surface area contributed by atoms with Gasteiger partial charge in [0.2, 0.25) is 0 Å². The zero-order chi connectivity index (χ0) is 39.4. The zero-order valence-corrected chi connectivity index (χ0v) is 34.2. The highest BCUT2D eigenvalue weighted by Gasteiger charge is 2.26. The Labute approximate surface area is 334 Å². The van der Waals surface area contributed by atoms with Crippen molar-refractivity contribution >= 4 is 65.7 Å². The SMILES string of the molecule is CC(C)(C)c1cccc2oc3cc(-c4cccc5c4oc4cc(C(C)(C)Cc6ccc(-n7c8ccccc8c8c(C(C)(C)C)cccc87)cc6)ccc45)ccc3c12. The van der Waals surface area contributed by atoms with E-state index in [1.54, 1.807) is 0 Å². The second-order valence-electron chi connectivity index (χ2n) is 18.8. The van der Waals surface area contributed by atoms with E-state index < -0.39 is 0 Å². The highest BCUT2D eigenvalue weighted by atomic mass is 16.3. The lowest BCUT2D eigenvalue weighted by atomic mass is 9.79. The van der Waals surface area contributed by atoms with Gasteiger partial charge in [0.1, 0.15) is 22.3 Å². The topological polar surface area (TPSA) is 31.2 Å². The molecule has 0 aliphatic rings. The van der Waals surface area contributed by atoms with E-state index in [0.717, 1.165) is 56.0 Å². The van der Waals surface area contributed by atoms with Crippen LogP contribution in [-0.4, -0.2) is 4.57 Å². The van der Waals surface area contributed by atoms with Gasteiger partial charge in [-0.25, -0.2) is 0 Å². The fraction of sp³-hybridized carbons (Fsp3) is 0.222. The first-order valence-corrected chi connectivity index (χ1v) is 20.3. The van der Waals surface area contributed by atoms with E-state index in [9.17, 15) is 0 Å². The number of hydrogen-bond acceptors (Lipinski definition) is 2. The minimum atomic E-state index is -0.121. The maximum Gasteiger partial charge on any atom is 0.143 e. The standard InChI is InChI=1S/C54H49NO2/c1-52(2,3)42-17-12-20-45-49(42)40-14-9-10-19-44(40)55(45)36-26-22-33(23-27-36)32-54(7,8)35-25-29-38-39-16-11-15-37(51(39)57-48(38)31-35)34-24-28-41-47(30-34)56-46-21-13-18-43(50(41)46)53(4,5)6/h9-31H,32H2,1-8H3. The van der Waals surface area contributed by atoms with Gasteiger partial charge in [0.25, 0.3) is 0 Å². The van der Waals surface area contributed by atoms with Gasteiger partial charge in [0.05, 0.1) is 11.0 Å². The van der Waals surface area contributed by atoms with E-state index in [2.05, 4.69) is 199 Å². The molecule has 0 fully saturated rings. The van der Waals surface area contributed by atoms with Crippen molar-refractivity contribution in [2.75, 3.05) is 0 Å². The van der Waals surface area contributed by atoms with E-state index in [0.29, 0.717) is 0 Å². The molecule has 10 aromatic rings.